The van der Waals surface area contributed by atoms with Crippen LogP contribution in [-0.2, 0) is 30.0 Å². The Labute approximate surface area is 119 Å². The largest absolute Gasteiger partial charge is 0.273 e. The monoisotopic (exact) mass is 293 g/mol. The molecular formula is C14H19N3O2S. The molecule has 0 radical (unpaired) electrons. The second-order valence-corrected chi connectivity index (χ2v) is 6.49. The van der Waals surface area contributed by atoms with E-state index in [1.807, 2.05) is 39.1 Å². The average Bonchev–Trinajstić information content (AvgIpc) is 2.76. The molecular weight excluding hydrogens is 274 g/mol. The molecule has 0 unspecified atom stereocenters. The quantitative estimate of drug-likeness (QED) is 0.913. The maximum atomic E-state index is 12.2. The zero-order valence-corrected chi connectivity index (χ0v) is 12.7. The molecule has 0 spiro atoms. The lowest BCUT2D eigenvalue weighted by Gasteiger charge is -2.06. The SMILES string of the molecule is CCc1ccc(S(=O)(=O)NCc2cc(C)n(C)n2)cc1. The van der Waals surface area contributed by atoms with Crippen LogP contribution in [0.3, 0.4) is 0 Å². The number of aromatic nitrogens is 2. The van der Waals surface area contributed by atoms with Gasteiger partial charge in [0.2, 0.25) is 10.0 Å². The summed E-state index contributed by atoms with van der Waals surface area (Å²) in [5.74, 6) is 0. The van der Waals surface area contributed by atoms with Crippen LogP contribution in [0.1, 0.15) is 23.9 Å². The van der Waals surface area contributed by atoms with Crippen molar-refractivity contribution >= 4 is 10.0 Å². The minimum atomic E-state index is -3.49. The molecule has 6 heteroatoms. The van der Waals surface area contributed by atoms with Gasteiger partial charge in [-0.3, -0.25) is 4.68 Å². The highest BCUT2D eigenvalue weighted by molar-refractivity contribution is 7.89. The fourth-order valence-electron chi connectivity index (χ4n) is 1.88. The number of aryl methyl sites for hydroxylation is 3. The number of nitrogens with zero attached hydrogens (tertiary/aromatic N) is 2. The minimum Gasteiger partial charge on any atom is -0.273 e. The van der Waals surface area contributed by atoms with Gasteiger partial charge in [-0.25, -0.2) is 13.1 Å². The van der Waals surface area contributed by atoms with E-state index in [2.05, 4.69) is 9.82 Å². The molecule has 1 heterocycles. The van der Waals surface area contributed by atoms with Crippen LogP contribution < -0.4 is 4.72 Å². The molecule has 0 aliphatic carbocycles. The molecule has 2 aromatic rings. The Hall–Kier alpha value is -1.66. The second kappa shape index (κ2) is 5.76. The third kappa shape index (κ3) is 3.26. The van der Waals surface area contributed by atoms with Crippen molar-refractivity contribution < 1.29 is 8.42 Å². The van der Waals surface area contributed by atoms with Gasteiger partial charge in [-0.15, -0.1) is 0 Å². The predicted octanol–water partition coefficient (Wildman–Crippen LogP) is 1.77. The highest BCUT2D eigenvalue weighted by atomic mass is 32.2. The van der Waals surface area contributed by atoms with E-state index in [-0.39, 0.29) is 11.4 Å². The summed E-state index contributed by atoms with van der Waals surface area (Å²) in [4.78, 5) is 0.280. The summed E-state index contributed by atoms with van der Waals surface area (Å²) in [6, 6.07) is 8.79. The summed E-state index contributed by atoms with van der Waals surface area (Å²) >= 11 is 0. The predicted molar refractivity (Wildman–Crippen MR) is 77.8 cm³/mol. The summed E-state index contributed by atoms with van der Waals surface area (Å²) < 4.78 is 28.6. The molecule has 0 atom stereocenters. The van der Waals surface area contributed by atoms with Gasteiger partial charge >= 0.3 is 0 Å². The van der Waals surface area contributed by atoms with E-state index >= 15 is 0 Å². The van der Waals surface area contributed by atoms with Gasteiger partial charge in [0.25, 0.3) is 0 Å². The van der Waals surface area contributed by atoms with Crippen LogP contribution in [0.15, 0.2) is 35.2 Å². The molecule has 5 nitrogen and oxygen atoms in total. The van der Waals surface area contributed by atoms with Crippen LogP contribution in [0.4, 0.5) is 0 Å². The first-order chi connectivity index (χ1) is 9.42. The van der Waals surface area contributed by atoms with E-state index in [9.17, 15) is 8.42 Å². The van der Waals surface area contributed by atoms with Gasteiger partial charge in [-0.2, -0.15) is 5.10 Å². The van der Waals surface area contributed by atoms with Gasteiger partial charge in [0.1, 0.15) is 0 Å². The van der Waals surface area contributed by atoms with Crippen molar-refractivity contribution in [1.29, 1.82) is 0 Å². The lowest BCUT2D eigenvalue weighted by atomic mass is 10.2. The summed E-state index contributed by atoms with van der Waals surface area (Å²) in [5, 5.41) is 4.22. The van der Waals surface area contributed by atoms with E-state index < -0.39 is 10.0 Å². The lowest BCUT2D eigenvalue weighted by Crippen LogP contribution is -2.23. The average molecular weight is 293 g/mol. The fourth-order valence-corrected chi connectivity index (χ4v) is 2.88. The van der Waals surface area contributed by atoms with Crippen molar-refractivity contribution in [2.24, 2.45) is 7.05 Å². The maximum absolute atomic E-state index is 12.2. The fraction of sp³-hybridized carbons (Fsp3) is 0.357. The van der Waals surface area contributed by atoms with Crippen molar-refractivity contribution in [3.05, 3.63) is 47.3 Å². The van der Waals surface area contributed by atoms with Crippen LogP contribution in [0.5, 0.6) is 0 Å². The van der Waals surface area contributed by atoms with Crippen LogP contribution >= 0.6 is 0 Å². The van der Waals surface area contributed by atoms with Gasteiger partial charge in [0.05, 0.1) is 17.1 Å². The van der Waals surface area contributed by atoms with E-state index in [1.165, 1.54) is 0 Å². The Morgan fingerprint density at radius 3 is 2.40 bits per heavy atom. The van der Waals surface area contributed by atoms with Crippen LogP contribution in [0.25, 0.3) is 0 Å². The van der Waals surface area contributed by atoms with Gasteiger partial charge < -0.3 is 0 Å². The van der Waals surface area contributed by atoms with Crippen LogP contribution in [-0.4, -0.2) is 18.2 Å². The second-order valence-electron chi connectivity index (χ2n) is 4.72. The zero-order chi connectivity index (χ0) is 14.8. The van der Waals surface area contributed by atoms with Gasteiger partial charge in [0.15, 0.2) is 0 Å². The molecule has 2 rings (SSSR count). The Morgan fingerprint density at radius 2 is 1.90 bits per heavy atom. The van der Waals surface area contributed by atoms with Crippen LogP contribution in [0, 0.1) is 6.92 Å². The third-order valence-corrected chi connectivity index (χ3v) is 4.67. The molecule has 1 aromatic heterocycles. The summed E-state index contributed by atoms with van der Waals surface area (Å²) in [7, 11) is -1.66. The highest BCUT2D eigenvalue weighted by Crippen LogP contribution is 2.11. The molecule has 0 aliphatic rings. The number of nitrogens with one attached hydrogen (secondary N) is 1. The summed E-state index contributed by atoms with van der Waals surface area (Å²) in [6.07, 6.45) is 0.890. The third-order valence-electron chi connectivity index (χ3n) is 3.25. The topological polar surface area (TPSA) is 64.0 Å². The molecule has 0 aliphatic heterocycles. The maximum Gasteiger partial charge on any atom is 0.240 e. The van der Waals surface area contributed by atoms with E-state index in [0.29, 0.717) is 5.69 Å². The molecule has 0 bridgehead atoms. The molecule has 0 fully saturated rings. The molecule has 1 N–H and O–H groups in total. The Kier molecular flexibility index (Phi) is 4.25. The Morgan fingerprint density at radius 1 is 1.25 bits per heavy atom. The Balaban J connectivity index is 2.10. The van der Waals surface area contributed by atoms with Gasteiger partial charge in [-0.05, 0) is 37.1 Å². The highest BCUT2D eigenvalue weighted by Gasteiger charge is 2.14. The minimum absolute atomic E-state index is 0.194. The molecule has 20 heavy (non-hydrogen) atoms. The molecule has 108 valence electrons. The van der Waals surface area contributed by atoms with E-state index in [0.717, 1.165) is 17.7 Å². The molecule has 0 saturated carbocycles. The van der Waals surface area contributed by atoms with Crippen LogP contribution in [0.2, 0.25) is 0 Å². The smallest absolute Gasteiger partial charge is 0.240 e. The lowest BCUT2D eigenvalue weighted by molar-refractivity contribution is 0.579. The van der Waals surface area contributed by atoms with E-state index in [4.69, 9.17) is 0 Å². The Bertz CT molecular complexity index is 668. The first-order valence-electron chi connectivity index (χ1n) is 6.50. The first-order valence-corrected chi connectivity index (χ1v) is 7.99. The molecule has 1 aromatic carbocycles. The number of sulfonamides is 1. The summed E-state index contributed by atoms with van der Waals surface area (Å²) in [5.41, 5.74) is 2.81. The van der Waals surface area contributed by atoms with Crippen molar-refractivity contribution in [3.8, 4) is 0 Å². The number of hydrogen-bond acceptors (Lipinski definition) is 3. The number of rotatable bonds is 5. The first kappa shape index (κ1) is 14.7. The van der Waals surface area contributed by atoms with Crippen molar-refractivity contribution in [1.82, 2.24) is 14.5 Å². The van der Waals surface area contributed by atoms with Gasteiger partial charge in [0, 0.05) is 12.7 Å². The number of hydrogen-bond donors (Lipinski definition) is 1. The number of benzene rings is 1. The standard InChI is InChI=1S/C14H19N3O2S/c1-4-12-5-7-14(8-6-12)20(18,19)15-10-13-9-11(2)17(3)16-13/h5-9,15H,4,10H2,1-3H3. The molecule has 0 saturated heterocycles. The van der Waals surface area contributed by atoms with Crippen molar-refractivity contribution in [2.45, 2.75) is 31.7 Å². The molecule has 0 amide bonds. The van der Waals surface area contributed by atoms with E-state index in [1.54, 1.807) is 16.8 Å². The van der Waals surface area contributed by atoms with Gasteiger partial charge in [-0.1, -0.05) is 19.1 Å². The van der Waals surface area contributed by atoms with Crippen molar-refractivity contribution in [2.75, 3.05) is 0 Å². The zero-order valence-electron chi connectivity index (χ0n) is 11.9. The normalized spacial score (nSPS) is 11.8. The summed E-state index contributed by atoms with van der Waals surface area (Å²) in [6.45, 7) is 4.15. The van der Waals surface area contributed by atoms with Crippen molar-refractivity contribution in [3.63, 3.8) is 0 Å².